The first-order valence-electron chi connectivity index (χ1n) is 2.58. The van der Waals surface area contributed by atoms with Gasteiger partial charge in [-0.3, -0.25) is 0 Å². The molecule has 0 atom stereocenters. The Kier molecular flexibility index (Phi) is 4.76. The van der Waals surface area contributed by atoms with E-state index in [0.29, 0.717) is 6.54 Å². The normalized spacial score (nSPS) is 8.11. The highest BCUT2D eigenvalue weighted by Crippen LogP contribution is 1.93. The van der Waals surface area contributed by atoms with Gasteiger partial charge in [0, 0.05) is 6.54 Å². The molecular formula is C7H10MgN. The molecule has 0 aliphatic rings. The third kappa shape index (κ3) is 2.84. The summed E-state index contributed by atoms with van der Waals surface area (Å²) in [5.41, 5.74) is 6.46. The molecule has 0 amide bonds. The molecule has 0 bridgehead atoms. The fraction of sp³-hybridized carbons (Fsp3) is 0.143. The van der Waals surface area contributed by atoms with Gasteiger partial charge in [0.25, 0.3) is 0 Å². The fourth-order valence-corrected chi connectivity index (χ4v) is 0.557. The van der Waals surface area contributed by atoms with E-state index in [1.165, 1.54) is 0 Å². The summed E-state index contributed by atoms with van der Waals surface area (Å²) in [6.07, 6.45) is 0. The van der Waals surface area contributed by atoms with Gasteiger partial charge in [-0.15, -0.1) is 0 Å². The van der Waals surface area contributed by atoms with E-state index in [4.69, 9.17) is 5.73 Å². The maximum absolute atomic E-state index is 5.33. The Morgan fingerprint density at radius 2 is 2.33 bits per heavy atom. The minimum absolute atomic E-state index is 0. The molecule has 2 heteroatoms. The van der Waals surface area contributed by atoms with Gasteiger partial charge in [-0.2, -0.15) is 0 Å². The van der Waals surface area contributed by atoms with Crippen LogP contribution in [0.1, 0.15) is 5.56 Å². The first-order valence-corrected chi connectivity index (χ1v) is 2.58. The molecule has 0 spiro atoms. The lowest BCUT2D eigenvalue weighted by atomic mass is 10.2. The van der Waals surface area contributed by atoms with Crippen molar-refractivity contribution in [2.24, 2.45) is 5.73 Å². The second kappa shape index (κ2) is 4.79. The molecule has 2 N–H and O–H groups in total. The van der Waals surface area contributed by atoms with Crippen molar-refractivity contribution < 1.29 is 0 Å². The van der Waals surface area contributed by atoms with Crippen LogP contribution in [-0.2, 0) is 6.54 Å². The van der Waals surface area contributed by atoms with E-state index in [-0.39, 0.29) is 23.1 Å². The minimum Gasteiger partial charge on any atom is -0.326 e. The Balaban J connectivity index is 0.000000640. The molecule has 45 valence electrons. The predicted molar refractivity (Wildman–Crippen MR) is 41.7 cm³/mol. The maximum Gasteiger partial charge on any atom is 0.316 e. The van der Waals surface area contributed by atoms with Crippen LogP contribution in [-0.4, -0.2) is 23.1 Å². The third-order valence-electron chi connectivity index (χ3n) is 1.01. The standard InChI is InChI=1S/C7H8N.Mg.2H/c8-6-7-4-2-1-3-5-7;;;/h1-2,4-5H,6,8H2;;;. The molecule has 1 radical (unpaired) electrons. The largest absolute Gasteiger partial charge is 0.326 e. The van der Waals surface area contributed by atoms with Crippen LogP contribution in [0.15, 0.2) is 24.3 Å². The minimum atomic E-state index is 0. The Morgan fingerprint density at radius 3 is 2.67 bits per heavy atom. The van der Waals surface area contributed by atoms with Gasteiger partial charge in [-0.05, 0) is 17.7 Å². The van der Waals surface area contributed by atoms with Gasteiger partial charge in [0.2, 0.25) is 0 Å². The van der Waals surface area contributed by atoms with Gasteiger partial charge in [0.15, 0.2) is 0 Å². The molecule has 0 aliphatic heterocycles. The molecule has 1 aromatic rings. The van der Waals surface area contributed by atoms with Crippen LogP contribution in [0.5, 0.6) is 0 Å². The summed E-state index contributed by atoms with van der Waals surface area (Å²) in [6.45, 7) is 0.608. The zero-order valence-electron chi connectivity index (χ0n) is 4.59. The first kappa shape index (κ1) is 8.95. The van der Waals surface area contributed by atoms with E-state index in [1.807, 2.05) is 24.3 Å². The quantitative estimate of drug-likeness (QED) is 0.536. The second-order valence-corrected chi connectivity index (χ2v) is 1.62. The number of rotatable bonds is 1. The molecule has 1 nitrogen and oxygen atoms in total. The van der Waals surface area contributed by atoms with Crippen molar-refractivity contribution in [3.8, 4) is 0 Å². The smallest absolute Gasteiger partial charge is 0.316 e. The van der Waals surface area contributed by atoms with E-state index in [1.54, 1.807) is 0 Å². The molecule has 1 rings (SSSR count). The van der Waals surface area contributed by atoms with Crippen LogP contribution < -0.4 is 5.73 Å². The first-order chi connectivity index (χ1) is 3.93. The van der Waals surface area contributed by atoms with Gasteiger partial charge in [-0.25, -0.2) is 0 Å². The van der Waals surface area contributed by atoms with Crippen LogP contribution >= 0.6 is 0 Å². The lowest BCUT2D eigenvalue weighted by Gasteiger charge is -1.89. The molecule has 0 fully saturated rings. The Bertz CT molecular complexity index is 150. The average Bonchev–Trinajstić information content (AvgIpc) is 1.90. The number of nitrogens with two attached hydrogens (primary N) is 1. The number of benzene rings is 1. The summed E-state index contributed by atoms with van der Waals surface area (Å²) in [5, 5.41) is 0. The van der Waals surface area contributed by atoms with Crippen molar-refractivity contribution in [1.29, 1.82) is 0 Å². The highest BCUT2D eigenvalue weighted by molar-refractivity contribution is 5.75. The molecule has 0 aliphatic carbocycles. The van der Waals surface area contributed by atoms with E-state index in [9.17, 15) is 0 Å². The maximum atomic E-state index is 5.33. The van der Waals surface area contributed by atoms with Crippen LogP contribution in [0, 0.1) is 6.07 Å². The van der Waals surface area contributed by atoms with Crippen LogP contribution in [0.4, 0.5) is 0 Å². The molecular weight excluding hydrogens is 122 g/mol. The average molecular weight is 132 g/mol. The van der Waals surface area contributed by atoms with Gasteiger partial charge >= 0.3 is 23.1 Å². The van der Waals surface area contributed by atoms with Crippen molar-refractivity contribution in [2.45, 2.75) is 6.54 Å². The number of hydrogen-bond acceptors (Lipinski definition) is 1. The lowest BCUT2D eigenvalue weighted by molar-refractivity contribution is 1.07. The highest BCUT2D eigenvalue weighted by atomic mass is 24.3. The summed E-state index contributed by atoms with van der Waals surface area (Å²) >= 11 is 0. The van der Waals surface area contributed by atoms with Crippen molar-refractivity contribution in [1.82, 2.24) is 0 Å². The van der Waals surface area contributed by atoms with E-state index >= 15 is 0 Å². The van der Waals surface area contributed by atoms with Crippen LogP contribution in [0.3, 0.4) is 0 Å². The summed E-state index contributed by atoms with van der Waals surface area (Å²) in [6, 6.07) is 10.6. The van der Waals surface area contributed by atoms with Crippen molar-refractivity contribution in [2.75, 3.05) is 0 Å². The van der Waals surface area contributed by atoms with Gasteiger partial charge < -0.3 is 5.73 Å². The van der Waals surface area contributed by atoms with E-state index in [2.05, 4.69) is 6.07 Å². The topological polar surface area (TPSA) is 26.0 Å². The summed E-state index contributed by atoms with van der Waals surface area (Å²) < 4.78 is 0. The Labute approximate surface area is 71.4 Å². The van der Waals surface area contributed by atoms with Crippen molar-refractivity contribution >= 4 is 23.1 Å². The summed E-state index contributed by atoms with van der Waals surface area (Å²) in [7, 11) is 0. The lowest BCUT2D eigenvalue weighted by Crippen LogP contribution is -1.94. The fourth-order valence-electron chi connectivity index (χ4n) is 0.557. The third-order valence-corrected chi connectivity index (χ3v) is 1.01. The molecule has 0 saturated heterocycles. The molecule has 0 unspecified atom stereocenters. The predicted octanol–water partition coefficient (Wildman–Crippen LogP) is 0.0293. The van der Waals surface area contributed by atoms with E-state index in [0.717, 1.165) is 5.56 Å². The molecule has 9 heavy (non-hydrogen) atoms. The van der Waals surface area contributed by atoms with Crippen LogP contribution in [0.2, 0.25) is 0 Å². The number of hydrogen-bond donors (Lipinski definition) is 1. The van der Waals surface area contributed by atoms with Crippen LogP contribution in [0.25, 0.3) is 0 Å². The van der Waals surface area contributed by atoms with Crippen molar-refractivity contribution in [3.63, 3.8) is 0 Å². The van der Waals surface area contributed by atoms with Gasteiger partial charge in [0.05, 0.1) is 0 Å². The summed E-state index contributed by atoms with van der Waals surface area (Å²) in [5.74, 6) is 0. The molecule has 1 aromatic carbocycles. The SMILES string of the molecule is NCc1c[c]ccc1.[MgH2]. The second-order valence-electron chi connectivity index (χ2n) is 1.62. The monoisotopic (exact) mass is 132 g/mol. The zero-order valence-corrected chi connectivity index (χ0v) is 4.59. The molecule has 0 aromatic heterocycles. The highest BCUT2D eigenvalue weighted by Gasteiger charge is 1.80. The Morgan fingerprint density at radius 1 is 1.56 bits per heavy atom. The van der Waals surface area contributed by atoms with Gasteiger partial charge in [-0.1, -0.05) is 18.2 Å². The van der Waals surface area contributed by atoms with Gasteiger partial charge in [0.1, 0.15) is 0 Å². The molecule has 0 heterocycles. The van der Waals surface area contributed by atoms with E-state index < -0.39 is 0 Å². The summed E-state index contributed by atoms with van der Waals surface area (Å²) in [4.78, 5) is 0. The Hall–Kier alpha value is -0.0538. The van der Waals surface area contributed by atoms with Crippen molar-refractivity contribution in [3.05, 3.63) is 35.9 Å². The zero-order chi connectivity index (χ0) is 5.82. The molecule has 0 saturated carbocycles.